The first-order chi connectivity index (χ1) is 11.2. The minimum absolute atomic E-state index is 0.0519. The lowest BCUT2D eigenvalue weighted by Crippen LogP contribution is -2.43. The number of carbonyl (C=O) groups excluding carboxylic acids is 2. The average Bonchev–Trinajstić information content (AvgIpc) is 2.87. The Morgan fingerprint density at radius 3 is 2.35 bits per heavy atom. The molecule has 0 spiro atoms. The minimum atomic E-state index is -0.468. The summed E-state index contributed by atoms with van der Waals surface area (Å²) in [7, 11) is 1.60. The number of ether oxygens (including phenoxy) is 1. The first kappa shape index (κ1) is 13.6. The number of Topliss-reactive ketones (excluding diaryl/α,β-unsaturated/α-hetero) is 1. The van der Waals surface area contributed by atoms with Gasteiger partial charge in [0, 0.05) is 11.1 Å². The van der Waals surface area contributed by atoms with E-state index in [0.717, 1.165) is 16.9 Å². The number of hydrogen-bond acceptors (Lipinski definition) is 3. The van der Waals surface area contributed by atoms with E-state index >= 15 is 0 Å². The van der Waals surface area contributed by atoms with Gasteiger partial charge in [0.1, 0.15) is 5.75 Å². The molecule has 0 fully saturated rings. The number of hydrogen-bond donors (Lipinski definition) is 2. The molecule has 114 valence electrons. The van der Waals surface area contributed by atoms with Crippen LogP contribution in [0.2, 0.25) is 0 Å². The van der Waals surface area contributed by atoms with E-state index < -0.39 is 6.04 Å². The van der Waals surface area contributed by atoms with Crippen molar-refractivity contribution in [2.45, 2.75) is 6.04 Å². The lowest BCUT2D eigenvalue weighted by Gasteiger charge is -2.26. The Hall–Kier alpha value is -3.08. The minimum Gasteiger partial charge on any atom is -0.497 e. The van der Waals surface area contributed by atoms with E-state index in [1.807, 2.05) is 42.5 Å². The number of nitrogens with one attached hydrogen (secondary N) is 2. The number of carbonyl (C=O) groups is 2. The van der Waals surface area contributed by atoms with Crippen molar-refractivity contribution in [2.24, 2.45) is 0 Å². The number of amides is 2. The van der Waals surface area contributed by atoms with Crippen molar-refractivity contribution in [1.82, 2.24) is 10.6 Å². The van der Waals surface area contributed by atoms with Gasteiger partial charge in [-0.25, -0.2) is 4.79 Å². The molecule has 1 aliphatic carbocycles. The molecule has 0 saturated carbocycles. The monoisotopic (exact) mass is 306 g/mol. The van der Waals surface area contributed by atoms with E-state index in [1.54, 1.807) is 13.2 Å². The zero-order valence-corrected chi connectivity index (χ0v) is 12.4. The molecule has 23 heavy (non-hydrogen) atoms. The fraction of sp³-hybridized carbons (Fsp3) is 0.111. The summed E-state index contributed by atoms with van der Waals surface area (Å²) in [6, 6.07) is 13.9. The van der Waals surface area contributed by atoms with E-state index in [1.165, 1.54) is 0 Å². The standard InChI is InChI=1S/C18H14N2O3/c1-23-11-8-6-10(7-9-11)15-14-16(20-18(22)19-15)12-4-2-3-5-13(12)17(14)21/h2-9,15H,1H3,(H2,19,20,22). The van der Waals surface area contributed by atoms with Crippen LogP contribution in [0.1, 0.15) is 27.5 Å². The normalized spacial score (nSPS) is 18.9. The third-order valence-corrected chi connectivity index (χ3v) is 4.21. The van der Waals surface area contributed by atoms with Gasteiger partial charge < -0.3 is 15.4 Å². The zero-order valence-electron chi connectivity index (χ0n) is 12.4. The second-order valence-electron chi connectivity index (χ2n) is 5.47. The molecule has 2 aliphatic rings. The highest BCUT2D eigenvalue weighted by atomic mass is 16.5. The highest BCUT2D eigenvalue weighted by Gasteiger charge is 2.39. The molecule has 5 heteroatoms. The van der Waals surface area contributed by atoms with Crippen LogP contribution in [-0.4, -0.2) is 18.9 Å². The topological polar surface area (TPSA) is 67.4 Å². The predicted octanol–water partition coefficient (Wildman–Crippen LogP) is 2.66. The molecule has 4 rings (SSSR count). The van der Waals surface area contributed by atoms with Crippen molar-refractivity contribution in [3.8, 4) is 5.75 Å². The summed E-state index contributed by atoms with van der Waals surface area (Å²) in [6.07, 6.45) is 0. The molecule has 2 amide bonds. The van der Waals surface area contributed by atoms with Gasteiger partial charge in [0.2, 0.25) is 0 Å². The molecule has 0 saturated heterocycles. The molecular formula is C18H14N2O3. The van der Waals surface area contributed by atoms with Gasteiger partial charge in [-0.15, -0.1) is 0 Å². The third kappa shape index (κ3) is 2.01. The summed E-state index contributed by atoms with van der Waals surface area (Å²) < 4.78 is 5.16. The van der Waals surface area contributed by atoms with Crippen LogP contribution in [0.4, 0.5) is 4.79 Å². The summed E-state index contributed by atoms with van der Waals surface area (Å²) in [5, 5.41) is 5.61. The fourth-order valence-corrected chi connectivity index (χ4v) is 3.11. The SMILES string of the molecule is COc1ccc(C2NC(=O)NC3=C2C(=O)c2ccccc23)cc1. The second-order valence-corrected chi connectivity index (χ2v) is 5.47. The molecule has 1 heterocycles. The van der Waals surface area contributed by atoms with Gasteiger partial charge in [-0.2, -0.15) is 0 Å². The molecule has 1 aliphatic heterocycles. The maximum absolute atomic E-state index is 12.8. The molecule has 0 aromatic heterocycles. The van der Waals surface area contributed by atoms with Crippen molar-refractivity contribution in [1.29, 1.82) is 0 Å². The van der Waals surface area contributed by atoms with E-state index in [4.69, 9.17) is 4.74 Å². The first-order valence-corrected chi connectivity index (χ1v) is 7.29. The van der Waals surface area contributed by atoms with Crippen molar-refractivity contribution < 1.29 is 14.3 Å². The lowest BCUT2D eigenvalue weighted by atomic mass is 9.94. The lowest BCUT2D eigenvalue weighted by molar-refractivity contribution is 0.103. The van der Waals surface area contributed by atoms with E-state index in [-0.39, 0.29) is 11.8 Å². The largest absolute Gasteiger partial charge is 0.497 e. The number of ketones is 1. The van der Waals surface area contributed by atoms with Crippen molar-refractivity contribution in [3.63, 3.8) is 0 Å². The number of rotatable bonds is 2. The van der Waals surface area contributed by atoms with Gasteiger partial charge in [0.05, 0.1) is 24.4 Å². The smallest absolute Gasteiger partial charge is 0.320 e. The Morgan fingerprint density at radius 2 is 1.65 bits per heavy atom. The van der Waals surface area contributed by atoms with Crippen LogP contribution in [0.3, 0.4) is 0 Å². The van der Waals surface area contributed by atoms with Gasteiger partial charge in [0.25, 0.3) is 0 Å². The summed E-state index contributed by atoms with van der Waals surface area (Å²) in [6.45, 7) is 0. The summed E-state index contributed by atoms with van der Waals surface area (Å²) in [4.78, 5) is 24.8. The molecule has 5 nitrogen and oxygen atoms in total. The first-order valence-electron chi connectivity index (χ1n) is 7.29. The van der Waals surface area contributed by atoms with E-state index in [9.17, 15) is 9.59 Å². The van der Waals surface area contributed by atoms with Gasteiger partial charge in [-0.1, -0.05) is 36.4 Å². The summed E-state index contributed by atoms with van der Waals surface area (Å²) >= 11 is 0. The quantitative estimate of drug-likeness (QED) is 0.896. The van der Waals surface area contributed by atoms with Crippen LogP contribution in [0, 0.1) is 0 Å². The van der Waals surface area contributed by atoms with Gasteiger partial charge >= 0.3 is 6.03 Å². The summed E-state index contributed by atoms with van der Waals surface area (Å²) in [5.74, 6) is 0.674. The predicted molar refractivity (Wildman–Crippen MR) is 85.1 cm³/mol. The Morgan fingerprint density at radius 1 is 0.957 bits per heavy atom. The maximum Gasteiger partial charge on any atom is 0.320 e. The third-order valence-electron chi connectivity index (χ3n) is 4.21. The van der Waals surface area contributed by atoms with Crippen molar-refractivity contribution >= 4 is 17.5 Å². The maximum atomic E-state index is 12.8. The molecule has 0 bridgehead atoms. The van der Waals surface area contributed by atoms with Crippen LogP contribution in [0.5, 0.6) is 5.75 Å². The van der Waals surface area contributed by atoms with Crippen LogP contribution in [0.25, 0.3) is 5.70 Å². The van der Waals surface area contributed by atoms with Crippen LogP contribution >= 0.6 is 0 Å². The van der Waals surface area contributed by atoms with E-state index in [0.29, 0.717) is 16.8 Å². The molecule has 2 N–H and O–H groups in total. The molecule has 1 atom stereocenters. The Balaban J connectivity index is 1.84. The number of benzene rings is 2. The molecule has 0 radical (unpaired) electrons. The van der Waals surface area contributed by atoms with Crippen molar-refractivity contribution in [3.05, 3.63) is 70.8 Å². The zero-order chi connectivity index (χ0) is 16.0. The van der Waals surface area contributed by atoms with Gasteiger partial charge in [0.15, 0.2) is 5.78 Å². The highest BCUT2D eigenvalue weighted by Crippen LogP contribution is 2.39. The van der Waals surface area contributed by atoms with Crippen LogP contribution < -0.4 is 15.4 Å². The number of fused-ring (bicyclic) bond motifs is 2. The number of urea groups is 1. The molecule has 2 aromatic rings. The Kier molecular flexibility index (Phi) is 2.94. The Bertz CT molecular complexity index is 853. The fourth-order valence-electron chi connectivity index (χ4n) is 3.11. The second kappa shape index (κ2) is 4.98. The molecule has 1 unspecified atom stereocenters. The van der Waals surface area contributed by atoms with Crippen LogP contribution in [0.15, 0.2) is 54.1 Å². The van der Waals surface area contributed by atoms with Crippen LogP contribution in [-0.2, 0) is 0 Å². The van der Waals surface area contributed by atoms with Gasteiger partial charge in [-0.3, -0.25) is 4.79 Å². The van der Waals surface area contributed by atoms with Gasteiger partial charge in [-0.05, 0) is 17.7 Å². The Labute approximate surface area is 133 Å². The van der Waals surface area contributed by atoms with Crippen molar-refractivity contribution in [2.75, 3.05) is 7.11 Å². The summed E-state index contributed by atoms with van der Waals surface area (Å²) in [5.41, 5.74) is 3.43. The highest BCUT2D eigenvalue weighted by molar-refractivity contribution is 6.23. The van der Waals surface area contributed by atoms with E-state index in [2.05, 4.69) is 10.6 Å². The average molecular weight is 306 g/mol. The molecular weight excluding hydrogens is 292 g/mol. The molecule has 2 aromatic carbocycles. The number of methoxy groups -OCH3 is 1.